The van der Waals surface area contributed by atoms with Gasteiger partial charge in [0.25, 0.3) is 0 Å². The zero-order chi connectivity index (χ0) is 44.6. The van der Waals surface area contributed by atoms with Crippen molar-refractivity contribution >= 4 is 35.5 Å². The highest BCUT2D eigenvalue weighted by Crippen LogP contribution is 2.20. The van der Waals surface area contributed by atoms with Gasteiger partial charge in [0, 0.05) is 58.8 Å². The van der Waals surface area contributed by atoms with Crippen LogP contribution in [-0.2, 0) is 41.9 Å². The fourth-order valence-electron chi connectivity index (χ4n) is 7.16. The molecular weight excluding hydrogens is 788 g/mol. The number of carbonyl (C=O) groups excluding carboxylic acids is 3. The molecule has 1 aliphatic rings. The third-order valence-electron chi connectivity index (χ3n) is 11.0. The molecule has 4 unspecified atom stereocenters. The molecule has 4 atom stereocenters. The summed E-state index contributed by atoms with van der Waals surface area (Å²) in [5, 5.41) is 83.6. The molecule has 1 aromatic rings. The van der Waals surface area contributed by atoms with E-state index in [1.54, 1.807) is 39.8 Å². The lowest BCUT2D eigenvalue weighted by Crippen LogP contribution is -2.52. The molecule has 0 aromatic carbocycles. The van der Waals surface area contributed by atoms with Crippen molar-refractivity contribution in [3.63, 3.8) is 0 Å². The monoisotopic (exact) mass is 854 g/mol. The van der Waals surface area contributed by atoms with E-state index in [4.69, 9.17) is 4.98 Å². The molecule has 1 aliphatic heterocycles. The molecule has 0 aliphatic carbocycles. The summed E-state index contributed by atoms with van der Waals surface area (Å²) < 4.78 is 0. The lowest BCUT2D eigenvalue weighted by atomic mass is 9.99. The van der Waals surface area contributed by atoms with Crippen molar-refractivity contribution in [2.24, 2.45) is 17.8 Å². The molecule has 0 spiro atoms. The highest BCUT2D eigenvalue weighted by Gasteiger charge is 2.33. The van der Waals surface area contributed by atoms with Gasteiger partial charge >= 0.3 is 17.9 Å². The van der Waals surface area contributed by atoms with Gasteiger partial charge in [0.1, 0.15) is 23.9 Å². The van der Waals surface area contributed by atoms with E-state index in [-0.39, 0.29) is 109 Å². The molecule has 0 fully saturated rings. The van der Waals surface area contributed by atoms with Gasteiger partial charge < -0.3 is 51.5 Å². The van der Waals surface area contributed by atoms with Crippen molar-refractivity contribution in [2.75, 3.05) is 72.3 Å². The van der Waals surface area contributed by atoms with E-state index in [9.17, 15) is 69.6 Å². The van der Waals surface area contributed by atoms with Crippen LogP contribution in [0.1, 0.15) is 76.1 Å². The van der Waals surface area contributed by atoms with Gasteiger partial charge in [-0.1, -0.05) is 19.4 Å². The van der Waals surface area contributed by atoms with Crippen LogP contribution in [0.3, 0.4) is 0 Å². The molecule has 0 saturated carbocycles. The number of aliphatic carboxylic acids is 3. The van der Waals surface area contributed by atoms with Crippen molar-refractivity contribution in [3.05, 3.63) is 29.6 Å². The van der Waals surface area contributed by atoms with Crippen LogP contribution in [0.2, 0.25) is 0 Å². The van der Waals surface area contributed by atoms with E-state index in [0.717, 1.165) is 0 Å². The molecule has 0 radical (unpaired) electrons. The molecule has 10 N–H and O–H groups in total. The minimum absolute atomic E-state index is 0.0346. The van der Waals surface area contributed by atoms with Crippen LogP contribution in [0, 0.1) is 17.8 Å². The molecular formula is C40H66N6O14. The zero-order valence-corrected chi connectivity index (χ0v) is 34.6. The predicted molar refractivity (Wildman–Crippen MR) is 215 cm³/mol. The number of nitrogens with one attached hydrogen (secondary N) is 2. The van der Waals surface area contributed by atoms with Crippen LogP contribution in [0.15, 0.2) is 18.2 Å². The molecule has 20 heteroatoms. The summed E-state index contributed by atoms with van der Waals surface area (Å²) >= 11 is 0. The Morgan fingerprint density at radius 1 is 0.583 bits per heavy atom. The number of fused-ring (bicyclic) bond motifs is 2. The maximum atomic E-state index is 12.9. The Morgan fingerprint density at radius 2 is 0.983 bits per heavy atom. The Bertz CT molecular complexity index is 1410. The number of rotatable bonds is 28. The number of amides is 2. The first-order valence-corrected chi connectivity index (χ1v) is 20.7. The molecule has 1 aromatic heterocycles. The Morgan fingerprint density at radius 3 is 1.40 bits per heavy atom. The highest BCUT2D eigenvalue weighted by atomic mass is 16.4. The Balaban J connectivity index is 2.45. The normalized spacial score (nSPS) is 16.6. The van der Waals surface area contributed by atoms with Crippen molar-refractivity contribution in [1.82, 2.24) is 30.3 Å². The van der Waals surface area contributed by atoms with Gasteiger partial charge in [-0.25, -0.2) is 0 Å². The van der Waals surface area contributed by atoms with Crippen LogP contribution in [0.4, 0.5) is 0 Å². The van der Waals surface area contributed by atoms with Gasteiger partial charge in [0.05, 0.1) is 62.2 Å². The molecule has 2 heterocycles. The topological polar surface area (TPSA) is 311 Å². The lowest BCUT2D eigenvalue weighted by molar-refractivity contribution is -0.147. The Labute approximate surface area is 350 Å². The van der Waals surface area contributed by atoms with Gasteiger partial charge in [0.15, 0.2) is 0 Å². The summed E-state index contributed by atoms with van der Waals surface area (Å²) in [6, 6.07) is 1.90. The second-order valence-electron chi connectivity index (χ2n) is 15.1. The standard InChI is InChI=1S/C40H66N6O14/c1-2-27(22-47)36(53)41-14-7-12-34(40(59)60)46-19-17-44(32(38(55)56)11-6-15-42-37(54)29(25-50)26-51)16-18-45(20-30-8-5-9-31(21-46)43-30)33(39(57)58)10-3-4-13-35(52)28(23-48)24-49/h5,8-9,27-29,32-34,47-51H,2-4,6-7,10-26H2,1H3,(H,41,53)(H,42,54)(H,55,56)(H,57,58)(H,59,60). The third-order valence-corrected chi connectivity index (χ3v) is 11.0. The van der Waals surface area contributed by atoms with Crippen molar-refractivity contribution in [1.29, 1.82) is 0 Å². The largest absolute Gasteiger partial charge is 0.480 e. The van der Waals surface area contributed by atoms with Gasteiger partial charge in [-0.2, -0.15) is 0 Å². The van der Waals surface area contributed by atoms with E-state index in [1.165, 1.54) is 0 Å². The molecule has 0 saturated heterocycles. The first-order chi connectivity index (χ1) is 28.7. The van der Waals surface area contributed by atoms with Crippen LogP contribution < -0.4 is 10.6 Å². The third kappa shape index (κ3) is 17.4. The average Bonchev–Trinajstić information content (AvgIpc) is 3.21. The minimum Gasteiger partial charge on any atom is -0.480 e. The first-order valence-electron chi connectivity index (χ1n) is 20.7. The summed E-state index contributed by atoms with van der Waals surface area (Å²) in [5.41, 5.74) is 0.989. The number of aromatic nitrogens is 1. The summed E-state index contributed by atoms with van der Waals surface area (Å²) in [4.78, 5) is 85.4. The van der Waals surface area contributed by atoms with Crippen LogP contribution in [0.5, 0.6) is 0 Å². The number of hydrogen-bond acceptors (Lipinski definition) is 15. The SMILES string of the molecule is CCC(CO)C(=O)NCCCC(C(=O)O)N1CCN(C(CCCNC(=O)C(CO)CO)C(=O)O)CCN(C(CCCCC(=O)C(CO)CO)C(=O)O)Cc2cccc(n2)C1. The molecule has 2 rings (SSSR count). The smallest absolute Gasteiger partial charge is 0.320 e. The summed E-state index contributed by atoms with van der Waals surface area (Å²) in [6.07, 6.45) is 1.88. The highest BCUT2D eigenvalue weighted by molar-refractivity contribution is 5.81. The number of aliphatic hydroxyl groups excluding tert-OH is 5. The quantitative estimate of drug-likeness (QED) is 0.0429. The van der Waals surface area contributed by atoms with Crippen molar-refractivity contribution < 1.29 is 69.6 Å². The summed E-state index contributed by atoms with van der Waals surface area (Å²) in [5.74, 6) is -7.23. The van der Waals surface area contributed by atoms with E-state index in [2.05, 4.69) is 10.6 Å². The van der Waals surface area contributed by atoms with E-state index in [1.807, 2.05) is 0 Å². The van der Waals surface area contributed by atoms with Crippen molar-refractivity contribution in [2.45, 2.75) is 95.9 Å². The fourth-order valence-corrected chi connectivity index (χ4v) is 7.16. The average molecular weight is 855 g/mol. The van der Waals surface area contributed by atoms with Gasteiger partial charge in [-0.05, 0) is 57.1 Å². The number of unbranched alkanes of at least 4 members (excludes halogenated alkanes) is 1. The van der Waals surface area contributed by atoms with E-state index >= 15 is 0 Å². The second-order valence-corrected chi connectivity index (χ2v) is 15.1. The summed E-state index contributed by atoms with van der Waals surface area (Å²) in [7, 11) is 0. The van der Waals surface area contributed by atoms with Crippen LogP contribution >= 0.6 is 0 Å². The van der Waals surface area contributed by atoms with Crippen LogP contribution in [0.25, 0.3) is 0 Å². The van der Waals surface area contributed by atoms with Gasteiger partial charge in [-0.15, -0.1) is 0 Å². The number of carboxylic acids is 3. The number of carboxylic acid groups (broad SMARTS) is 3. The number of hydrogen-bond donors (Lipinski definition) is 10. The number of pyridine rings is 1. The Kier molecular flexibility index (Phi) is 24.6. The molecule has 2 bridgehead atoms. The molecule has 340 valence electrons. The number of nitrogens with zero attached hydrogens (tertiary/aromatic N) is 4. The lowest BCUT2D eigenvalue weighted by Gasteiger charge is -2.37. The molecule has 2 amide bonds. The summed E-state index contributed by atoms with van der Waals surface area (Å²) in [6.45, 7) is -0.168. The molecule has 60 heavy (non-hydrogen) atoms. The number of ketones is 1. The zero-order valence-electron chi connectivity index (χ0n) is 34.6. The first kappa shape index (κ1) is 52.0. The predicted octanol–water partition coefficient (Wildman–Crippen LogP) is -1.50. The number of carbonyl (C=O) groups is 6. The fraction of sp³-hybridized carbons (Fsp3) is 0.725. The van der Waals surface area contributed by atoms with Crippen molar-refractivity contribution in [3.8, 4) is 0 Å². The van der Waals surface area contributed by atoms with Gasteiger partial charge in [0.2, 0.25) is 11.8 Å². The number of aliphatic hydroxyl groups is 5. The molecule has 20 nitrogen and oxygen atoms in total. The minimum atomic E-state index is -1.19. The van der Waals surface area contributed by atoms with E-state index in [0.29, 0.717) is 30.7 Å². The van der Waals surface area contributed by atoms with Crippen LogP contribution in [-0.4, -0.2) is 186 Å². The van der Waals surface area contributed by atoms with E-state index < -0.39 is 86.1 Å². The number of Topliss-reactive ketones (excluding diaryl/α,β-unsaturated/α-hetero) is 1. The maximum absolute atomic E-state index is 12.9. The Hall–Kier alpha value is -4.15. The maximum Gasteiger partial charge on any atom is 0.320 e. The van der Waals surface area contributed by atoms with Gasteiger partial charge in [-0.3, -0.25) is 48.5 Å². The second kappa shape index (κ2) is 28.4.